The summed E-state index contributed by atoms with van der Waals surface area (Å²) in [5, 5.41) is 7.12. The lowest BCUT2D eigenvalue weighted by Gasteiger charge is -2.39. The van der Waals surface area contributed by atoms with Crippen molar-refractivity contribution in [3.63, 3.8) is 0 Å². The highest BCUT2D eigenvalue weighted by molar-refractivity contribution is 7.91. The van der Waals surface area contributed by atoms with Crippen LogP contribution >= 0.6 is 11.6 Å². The molecule has 2 N–H and O–H groups in total. The summed E-state index contributed by atoms with van der Waals surface area (Å²) in [5.74, 6) is 1.34. The fourth-order valence-electron chi connectivity index (χ4n) is 3.69. The van der Waals surface area contributed by atoms with Gasteiger partial charge in [0.15, 0.2) is 15.8 Å². The second-order valence-electron chi connectivity index (χ2n) is 7.27. The third kappa shape index (κ3) is 6.94. The number of hydrogen-bond acceptors (Lipinski definition) is 4. The van der Waals surface area contributed by atoms with E-state index in [1.165, 1.54) is 5.56 Å². The molecule has 28 heavy (non-hydrogen) atoms. The van der Waals surface area contributed by atoms with Gasteiger partial charge < -0.3 is 10.6 Å². The molecule has 0 amide bonds. The minimum atomic E-state index is -2.99. The van der Waals surface area contributed by atoms with Gasteiger partial charge in [-0.15, -0.1) is 0 Å². The van der Waals surface area contributed by atoms with E-state index in [0.29, 0.717) is 25.0 Å². The molecule has 1 fully saturated rings. The van der Waals surface area contributed by atoms with E-state index in [0.717, 1.165) is 31.0 Å². The highest BCUT2D eigenvalue weighted by Gasteiger charge is 2.30. The van der Waals surface area contributed by atoms with Crippen molar-refractivity contribution in [1.29, 1.82) is 0 Å². The number of hydrogen-bond donors (Lipinski definition) is 2. The molecular formula is C20H33ClN4O2S. The van der Waals surface area contributed by atoms with Gasteiger partial charge in [-0.25, -0.2) is 8.42 Å². The van der Waals surface area contributed by atoms with Gasteiger partial charge in [0.2, 0.25) is 0 Å². The maximum atomic E-state index is 11.7. The molecule has 0 spiro atoms. The van der Waals surface area contributed by atoms with Gasteiger partial charge >= 0.3 is 0 Å². The number of nitrogens with one attached hydrogen (secondary N) is 2. The van der Waals surface area contributed by atoms with Gasteiger partial charge in [-0.3, -0.25) is 9.89 Å². The Morgan fingerprint density at radius 2 is 2.11 bits per heavy atom. The molecule has 1 aromatic rings. The van der Waals surface area contributed by atoms with Crippen molar-refractivity contribution < 1.29 is 8.42 Å². The molecule has 2 unspecified atom stereocenters. The van der Waals surface area contributed by atoms with E-state index < -0.39 is 9.84 Å². The van der Waals surface area contributed by atoms with Crippen LogP contribution < -0.4 is 10.6 Å². The van der Waals surface area contributed by atoms with E-state index in [9.17, 15) is 8.42 Å². The first-order valence-electron chi connectivity index (χ1n) is 10.0. The number of nitrogens with zero attached hydrogens (tertiary/aromatic N) is 2. The van der Waals surface area contributed by atoms with Crippen molar-refractivity contribution in [2.24, 2.45) is 10.9 Å². The molecule has 0 aliphatic carbocycles. The molecule has 0 radical (unpaired) electrons. The number of guanidine groups is 1. The lowest BCUT2D eigenvalue weighted by molar-refractivity contribution is 0.125. The fraction of sp³-hybridized carbons (Fsp3) is 0.650. The third-order valence-electron chi connectivity index (χ3n) is 5.17. The van der Waals surface area contributed by atoms with Gasteiger partial charge in [-0.1, -0.05) is 30.7 Å². The summed E-state index contributed by atoms with van der Waals surface area (Å²) in [6, 6.07) is 8.36. The Kier molecular flexibility index (Phi) is 9.05. The number of piperidine rings is 1. The number of halogens is 1. The zero-order valence-corrected chi connectivity index (χ0v) is 18.7. The van der Waals surface area contributed by atoms with Crippen LogP contribution in [0.4, 0.5) is 0 Å². The fourth-order valence-corrected chi connectivity index (χ4v) is 4.59. The maximum absolute atomic E-state index is 11.7. The van der Waals surface area contributed by atoms with Gasteiger partial charge in [0, 0.05) is 36.5 Å². The molecule has 0 saturated carbocycles. The van der Waals surface area contributed by atoms with Crippen molar-refractivity contribution in [3.05, 3.63) is 34.9 Å². The van der Waals surface area contributed by atoms with Crippen LogP contribution in [0.5, 0.6) is 0 Å². The summed E-state index contributed by atoms with van der Waals surface area (Å²) >= 11 is 6.22. The van der Waals surface area contributed by atoms with Crippen molar-refractivity contribution in [2.45, 2.75) is 32.7 Å². The van der Waals surface area contributed by atoms with Crippen LogP contribution in [0.25, 0.3) is 0 Å². The third-order valence-corrected chi connectivity index (χ3v) is 7.11. The van der Waals surface area contributed by atoms with E-state index >= 15 is 0 Å². The minimum absolute atomic E-state index is 0.116. The van der Waals surface area contributed by atoms with Crippen LogP contribution in [-0.2, 0) is 9.84 Å². The molecule has 1 heterocycles. The summed E-state index contributed by atoms with van der Waals surface area (Å²) < 4.78 is 23.4. The van der Waals surface area contributed by atoms with E-state index in [-0.39, 0.29) is 17.5 Å². The molecule has 1 saturated heterocycles. The smallest absolute Gasteiger partial charge is 0.191 e. The summed E-state index contributed by atoms with van der Waals surface area (Å²) in [7, 11) is -0.833. The van der Waals surface area contributed by atoms with Gasteiger partial charge in [-0.05, 0) is 57.0 Å². The number of aliphatic imine (C=N–C) groups is 1. The number of rotatable bonds is 8. The molecule has 1 aromatic carbocycles. The lowest BCUT2D eigenvalue weighted by Crippen LogP contribution is -2.41. The Balaban J connectivity index is 2.07. The summed E-state index contributed by atoms with van der Waals surface area (Å²) in [6.07, 6.45) is 2.25. The first-order valence-corrected chi connectivity index (χ1v) is 12.2. The molecule has 1 aliphatic heterocycles. The van der Waals surface area contributed by atoms with Gasteiger partial charge in [-0.2, -0.15) is 0 Å². The molecule has 0 aromatic heterocycles. The van der Waals surface area contributed by atoms with Crippen LogP contribution in [-0.4, -0.2) is 64.0 Å². The second-order valence-corrected chi connectivity index (χ2v) is 10.2. The molecule has 158 valence electrons. The lowest BCUT2D eigenvalue weighted by atomic mass is 9.85. The zero-order chi connectivity index (χ0) is 20.6. The topological polar surface area (TPSA) is 73.8 Å². The van der Waals surface area contributed by atoms with Gasteiger partial charge in [0.25, 0.3) is 0 Å². The summed E-state index contributed by atoms with van der Waals surface area (Å²) in [5.41, 5.74) is 1.22. The number of sulfone groups is 1. The van der Waals surface area contributed by atoms with Crippen molar-refractivity contribution >= 4 is 27.4 Å². The Hall–Kier alpha value is -1.31. The van der Waals surface area contributed by atoms with E-state index in [4.69, 9.17) is 16.6 Å². The van der Waals surface area contributed by atoms with E-state index in [1.807, 2.05) is 25.1 Å². The number of benzene rings is 1. The highest BCUT2D eigenvalue weighted by Crippen LogP contribution is 2.36. The Labute approximate surface area is 174 Å². The van der Waals surface area contributed by atoms with Crippen molar-refractivity contribution in [2.75, 3.05) is 44.7 Å². The van der Waals surface area contributed by atoms with E-state index in [1.54, 1.807) is 6.92 Å². The molecule has 6 nitrogen and oxygen atoms in total. The molecule has 2 atom stereocenters. The quantitative estimate of drug-likeness (QED) is 0.492. The predicted octanol–water partition coefficient (Wildman–Crippen LogP) is 2.71. The van der Waals surface area contributed by atoms with Crippen LogP contribution in [0.3, 0.4) is 0 Å². The van der Waals surface area contributed by atoms with Gasteiger partial charge in [0.05, 0.1) is 5.75 Å². The maximum Gasteiger partial charge on any atom is 0.191 e. The van der Waals surface area contributed by atoms with Crippen LogP contribution in [0.2, 0.25) is 5.02 Å². The standard InChI is InChI=1S/C20H33ClN4O2S/c1-4-22-20(23-11-13-28(26,27)5-2)24-15-17-9-7-12-25(3)19(17)16-8-6-10-18(21)14-16/h6,8,10,14,17,19H,4-5,7,9,11-13,15H2,1-3H3,(H2,22,23,24). The monoisotopic (exact) mass is 428 g/mol. The average Bonchev–Trinajstić information content (AvgIpc) is 2.66. The molecular weight excluding hydrogens is 396 g/mol. The Morgan fingerprint density at radius 1 is 1.32 bits per heavy atom. The van der Waals surface area contributed by atoms with Crippen LogP contribution in [0, 0.1) is 5.92 Å². The van der Waals surface area contributed by atoms with Gasteiger partial charge in [0.1, 0.15) is 0 Å². The molecule has 0 bridgehead atoms. The first-order chi connectivity index (χ1) is 13.4. The van der Waals surface area contributed by atoms with Crippen LogP contribution in [0.15, 0.2) is 29.3 Å². The Morgan fingerprint density at radius 3 is 2.79 bits per heavy atom. The zero-order valence-electron chi connectivity index (χ0n) is 17.1. The predicted molar refractivity (Wildman–Crippen MR) is 118 cm³/mol. The van der Waals surface area contributed by atoms with Crippen molar-refractivity contribution in [3.8, 4) is 0 Å². The number of likely N-dealkylation sites (tertiary alicyclic amines) is 1. The van der Waals surface area contributed by atoms with E-state index in [2.05, 4.69) is 28.6 Å². The summed E-state index contributed by atoms with van der Waals surface area (Å²) in [6.45, 7) is 6.51. The molecule has 1 aliphatic rings. The minimum Gasteiger partial charge on any atom is -0.357 e. The average molecular weight is 429 g/mol. The summed E-state index contributed by atoms with van der Waals surface area (Å²) in [4.78, 5) is 7.13. The molecule has 2 rings (SSSR count). The van der Waals surface area contributed by atoms with Crippen molar-refractivity contribution in [1.82, 2.24) is 15.5 Å². The first kappa shape index (κ1) is 23.0. The molecule has 8 heteroatoms. The SMILES string of the molecule is CCNC(=NCC1CCCN(C)C1c1cccc(Cl)c1)NCCS(=O)(=O)CC. The highest BCUT2D eigenvalue weighted by atomic mass is 35.5. The normalized spacial score (nSPS) is 21.5. The second kappa shape index (κ2) is 11.0. The Bertz CT molecular complexity index is 754. The largest absolute Gasteiger partial charge is 0.357 e. The van der Waals surface area contributed by atoms with Crippen LogP contribution in [0.1, 0.15) is 38.3 Å².